The summed E-state index contributed by atoms with van der Waals surface area (Å²) in [5.74, 6) is 1.24. The molecule has 0 saturated heterocycles. The summed E-state index contributed by atoms with van der Waals surface area (Å²) in [7, 11) is -2.25. The van der Waals surface area contributed by atoms with Gasteiger partial charge in [0, 0.05) is 28.2 Å². The summed E-state index contributed by atoms with van der Waals surface area (Å²) in [6.07, 6.45) is 0.182. The van der Waals surface area contributed by atoms with Gasteiger partial charge in [-0.2, -0.15) is 0 Å². The molecule has 1 atom stereocenters. The molecule has 4 aromatic rings. The summed E-state index contributed by atoms with van der Waals surface area (Å²) < 4.78 is 38.9. The second-order valence-corrected chi connectivity index (χ2v) is 10.7. The number of hydrogen-bond donors (Lipinski definition) is 2. The highest BCUT2D eigenvalue weighted by Crippen LogP contribution is 2.28. The molecular formula is C26H24BrN3O5S. The van der Waals surface area contributed by atoms with Gasteiger partial charge in [-0.1, -0.05) is 45.4 Å². The van der Waals surface area contributed by atoms with Gasteiger partial charge >= 0.3 is 0 Å². The van der Waals surface area contributed by atoms with Gasteiger partial charge in [0.15, 0.2) is 11.6 Å². The van der Waals surface area contributed by atoms with Crippen LogP contribution in [0.4, 0.5) is 11.5 Å². The third-order valence-corrected chi connectivity index (χ3v) is 7.32. The van der Waals surface area contributed by atoms with Crippen molar-refractivity contribution < 1.29 is 22.5 Å². The smallest absolute Gasteiger partial charge is 0.263 e. The van der Waals surface area contributed by atoms with Crippen LogP contribution in [0.3, 0.4) is 0 Å². The molecule has 0 amide bonds. The van der Waals surface area contributed by atoms with Crippen molar-refractivity contribution >= 4 is 43.2 Å². The molecule has 1 heterocycles. The van der Waals surface area contributed by atoms with Crippen LogP contribution in [0.25, 0.3) is 0 Å². The van der Waals surface area contributed by atoms with Crippen LogP contribution in [0.2, 0.25) is 0 Å². The number of hydrogen-bond acceptors (Lipinski definition) is 7. The second-order valence-electron chi connectivity index (χ2n) is 8.06. The third kappa shape index (κ3) is 6.32. The number of rotatable bonds is 10. The minimum Gasteiger partial charge on any atom is -0.497 e. The minimum absolute atomic E-state index is 0.0332. The molecular weight excluding hydrogens is 546 g/mol. The number of sulfonamides is 1. The van der Waals surface area contributed by atoms with Crippen LogP contribution in [0.5, 0.6) is 5.75 Å². The molecule has 36 heavy (non-hydrogen) atoms. The number of carbonyl (C=O) groups is 1. The van der Waals surface area contributed by atoms with E-state index in [-0.39, 0.29) is 29.0 Å². The van der Waals surface area contributed by atoms with E-state index >= 15 is 0 Å². The normalized spacial score (nSPS) is 12.1. The zero-order valence-corrected chi connectivity index (χ0v) is 22.0. The molecule has 0 spiro atoms. The van der Waals surface area contributed by atoms with Crippen molar-refractivity contribution in [3.63, 3.8) is 0 Å². The number of nitrogens with zero attached hydrogens (tertiary/aromatic N) is 1. The lowest BCUT2D eigenvalue weighted by atomic mass is 9.97. The molecule has 8 nitrogen and oxygen atoms in total. The Morgan fingerprint density at radius 1 is 1.06 bits per heavy atom. The number of benzene rings is 3. The van der Waals surface area contributed by atoms with Crippen molar-refractivity contribution in [2.24, 2.45) is 0 Å². The van der Waals surface area contributed by atoms with E-state index in [1.807, 2.05) is 36.4 Å². The van der Waals surface area contributed by atoms with Crippen molar-refractivity contribution in [3.05, 3.63) is 100 Å². The van der Waals surface area contributed by atoms with Crippen LogP contribution in [0, 0.1) is 6.92 Å². The average molecular weight is 570 g/mol. The maximum absolute atomic E-state index is 13.1. The van der Waals surface area contributed by atoms with E-state index in [9.17, 15) is 13.2 Å². The Hall–Kier alpha value is -3.63. The van der Waals surface area contributed by atoms with Gasteiger partial charge in [-0.05, 0) is 61.0 Å². The second kappa shape index (κ2) is 11.0. The standard InChI is InChI=1S/C26H24BrN3O5S/c1-17-14-26(29-35-17)30-36(32,33)23-12-10-21(11-13-23)28-24(19-4-3-5-22(15-19)34-2)16-25(31)18-6-8-20(27)9-7-18/h3-15,24,28H,16H2,1-2H3,(H,29,30). The van der Waals surface area contributed by atoms with E-state index in [2.05, 4.69) is 31.1 Å². The molecule has 1 aromatic heterocycles. The molecule has 0 aliphatic heterocycles. The number of aryl methyl sites for hydroxylation is 1. The molecule has 0 radical (unpaired) electrons. The first-order chi connectivity index (χ1) is 17.2. The molecule has 2 N–H and O–H groups in total. The molecule has 4 rings (SSSR count). The zero-order valence-electron chi connectivity index (χ0n) is 19.6. The van der Waals surface area contributed by atoms with Crippen LogP contribution in [-0.2, 0) is 10.0 Å². The van der Waals surface area contributed by atoms with Gasteiger partial charge in [0.25, 0.3) is 10.0 Å². The van der Waals surface area contributed by atoms with Gasteiger partial charge < -0.3 is 14.6 Å². The van der Waals surface area contributed by atoms with Crippen LogP contribution >= 0.6 is 15.9 Å². The number of methoxy groups -OCH3 is 1. The Morgan fingerprint density at radius 3 is 2.42 bits per heavy atom. The summed E-state index contributed by atoms with van der Waals surface area (Å²) in [4.78, 5) is 13.1. The zero-order chi connectivity index (χ0) is 25.7. The molecule has 0 bridgehead atoms. The van der Waals surface area contributed by atoms with Crippen LogP contribution in [0.1, 0.15) is 34.1 Å². The molecule has 0 fully saturated rings. The first kappa shape index (κ1) is 25.5. The quantitative estimate of drug-likeness (QED) is 0.226. The summed E-state index contributed by atoms with van der Waals surface area (Å²) in [6, 6.07) is 22.1. The number of carbonyl (C=O) groups excluding carboxylic acids is 1. The number of nitrogens with one attached hydrogen (secondary N) is 2. The maximum atomic E-state index is 13.1. The van der Waals surface area contributed by atoms with Crippen molar-refractivity contribution in [1.82, 2.24) is 5.16 Å². The molecule has 1 unspecified atom stereocenters. The number of aromatic nitrogens is 1. The predicted octanol–water partition coefficient (Wildman–Crippen LogP) is 5.98. The lowest BCUT2D eigenvalue weighted by Gasteiger charge is -2.21. The van der Waals surface area contributed by atoms with Crippen LogP contribution in [0.15, 0.2) is 92.8 Å². The molecule has 0 aliphatic rings. The number of ether oxygens (including phenoxy) is 1. The molecule has 186 valence electrons. The van der Waals surface area contributed by atoms with Crippen LogP contribution in [-0.4, -0.2) is 26.5 Å². The topological polar surface area (TPSA) is 111 Å². The van der Waals surface area contributed by atoms with Crippen LogP contribution < -0.4 is 14.8 Å². The Bertz CT molecular complexity index is 1450. The van der Waals surface area contributed by atoms with Crippen molar-refractivity contribution in [3.8, 4) is 5.75 Å². The average Bonchev–Trinajstić information content (AvgIpc) is 3.28. The lowest BCUT2D eigenvalue weighted by molar-refractivity contribution is 0.0976. The number of ketones is 1. The van der Waals surface area contributed by atoms with Crippen molar-refractivity contribution in [2.75, 3.05) is 17.1 Å². The Morgan fingerprint density at radius 2 is 1.78 bits per heavy atom. The summed E-state index contributed by atoms with van der Waals surface area (Å²) in [5.41, 5.74) is 2.12. The van der Waals surface area contributed by atoms with E-state index in [0.717, 1.165) is 10.0 Å². The van der Waals surface area contributed by atoms with E-state index in [4.69, 9.17) is 9.26 Å². The van der Waals surface area contributed by atoms with E-state index in [0.29, 0.717) is 22.8 Å². The monoisotopic (exact) mass is 569 g/mol. The fourth-order valence-electron chi connectivity index (χ4n) is 3.59. The fraction of sp³-hybridized carbons (Fsp3) is 0.154. The van der Waals surface area contributed by atoms with E-state index in [1.54, 1.807) is 38.3 Å². The molecule has 3 aromatic carbocycles. The van der Waals surface area contributed by atoms with Crippen molar-refractivity contribution in [1.29, 1.82) is 0 Å². The van der Waals surface area contributed by atoms with Crippen molar-refractivity contribution in [2.45, 2.75) is 24.3 Å². The molecule has 0 saturated carbocycles. The van der Waals surface area contributed by atoms with Gasteiger partial charge in [-0.3, -0.25) is 9.52 Å². The van der Waals surface area contributed by atoms with Gasteiger partial charge in [0.1, 0.15) is 11.5 Å². The van der Waals surface area contributed by atoms with Gasteiger partial charge in [0.05, 0.1) is 18.0 Å². The minimum atomic E-state index is -3.84. The molecule has 0 aliphatic carbocycles. The predicted molar refractivity (Wildman–Crippen MR) is 141 cm³/mol. The highest BCUT2D eigenvalue weighted by Gasteiger charge is 2.20. The largest absolute Gasteiger partial charge is 0.497 e. The summed E-state index contributed by atoms with van der Waals surface area (Å²) in [6.45, 7) is 1.67. The highest BCUT2D eigenvalue weighted by molar-refractivity contribution is 9.10. The number of halogens is 1. The number of Topliss-reactive ketones (excluding diaryl/α,β-unsaturated/α-hetero) is 1. The lowest BCUT2D eigenvalue weighted by Crippen LogP contribution is -2.16. The summed E-state index contributed by atoms with van der Waals surface area (Å²) >= 11 is 3.39. The summed E-state index contributed by atoms with van der Waals surface area (Å²) in [5, 5.41) is 7.03. The first-order valence-corrected chi connectivity index (χ1v) is 13.3. The number of anilines is 2. The SMILES string of the molecule is COc1cccc(C(CC(=O)c2ccc(Br)cc2)Nc2ccc(S(=O)(=O)Nc3cc(C)on3)cc2)c1. The maximum Gasteiger partial charge on any atom is 0.263 e. The Kier molecular flexibility index (Phi) is 7.76. The van der Waals surface area contributed by atoms with E-state index < -0.39 is 10.0 Å². The Labute approximate surface area is 217 Å². The van der Waals surface area contributed by atoms with Gasteiger partial charge in [-0.15, -0.1) is 0 Å². The van der Waals surface area contributed by atoms with Gasteiger partial charge in [0.2, 0.25) is 0 Å². The molecule has 10 heteroatoms. The third-order valence-electron chi connectivity index (χ3n) is 5.42. The van der Waals surface area contributed by atoms with Gasteiger partial charge in [-0.25, -0.2) is 8.42 Å². The van der Waals surface area contributed by atoms with E-state index in [1.165, 1.54) is 18.2 Å². The Balaban J connectivity index is 1.56. The highest BCUT2D eigenvalue weighted by atomic mass is 79.9. The first-order valence-electron chi connectivity index (χ1n) is 11.0. The fourth-order valence-corrected chi connectivity index (χ4v) is 4.84.